The van der Waals surface area contributed by atoms with Crippen LogP contribution in [0, 0.1) is 11.8 Å². The lowest BCUT2D eigenvalue weighted by Crippen LogP contribution is -2.02. The van der Waals surface area contributed by atoms with Gasteiger partial charge in [0.15, 0.2) is 0 Å². The summed E-state index contributed by atoms with van der Waals surface area (Å²) in [6.45, 7) is 2.03. The van der Waals surface area contributed by atoms with Gasteiger partial charge >= 0.3 is 11.9 Å². The monoisotopic (exact) mass is 233 g/mol. The van der Waals surface area contributed by atoms with Gasteiger partial charge in [-0.25, -0.2) is 9.78 Å². The number of carboxylic acid groups (broad SMARTS) is 1. The molecule has 0 bridgehead atoms. The molecule has 0 amide bonds. The Morgan fingerprint density at radius 3 is 2.94 bits per heavy atom. The zero-order valence-electron chi connectivity index (χ0n) is 9.27. The highest BCUT2D eigenvalue weighted by molar-refractivity contribution is 5.85. The number of hydrogen-bond acceptors (Lipinski definition) is 4. The maximum Gasteiger partial charge on any atom is 0.354 e. The van der Waals surface area contributed by atoms with Crippen molar-refractivity contribution in [2.45, 2.75) is 13.3 Å². The second-order valence-electron chi connectivity index (χ2n) is 3.02. The maximum absolute atomic E-state index is 11.0. The molecule has 5 nitrogen and oxygen atoms in total. The van der Waals surface area contributed by atoms with E-state index < -0.39 is 11.9 Å². The van der Waals surface area contributed by atoms with Crippen molar-refractivity contribution >= 4 is 11.9 Å². The number of esters is 1. The first-order valence-electron chi connectivity index (χ1n) is 4.97. The third-order valence-electron chi connectivity index (χ3n) is 1.75. The fraction of sp³-hybridized carbons (Fsp3) is 0.250. The van der Waals surface area contributed by atoms with E-state index in [4.69, 9.17) is 9.84 Å². The number of nitrogens with zero attached hydrogens (tertiary/aromatic N) is 1. The first-order chi connectivity index (χ1) is 8.13. The van der Waals surface area contributed by atoms with Crippen molar-refractivity contribution in [2.24, 2.45) is 0 Å². The molecule has 1 aromatic rings. The van der Waals surface area contributed by atoms with Crippen molar-refractivity contribution in [3.8, 4) is 11.8 Å². The molecule has 0 aliphatic carbocycles. The van der Waals surface area contributed by atoms with Crippen LogP contribution in [0.4, 0.5) is 0 Å². The summed E-state index contributed by atoms with van der Waals surface area (Å²) < 4.78 is 4.69. The largest absolute Gasteiger partial charge is 0.477 e. The Balaban J connectivity index is 2.69. The number of carbonyl (C=O) groups excluding carboxylic acids is 1. The Kier molecular flexibility index (Phi) is 4.70. The molecular formula is C12H11NO4. The second kappa shape index (κ2) is 6.28. The van der Waals surface area contributed by atoms with Crippen molar-refractivity contribution < 1.29 is 19.4 Å². The number of aromatic nitrogens is 1. The van der Waals surface area contributed by atoms with Crippen LogP contribution in [0.2, 0.25) is 0 Å². The highest BCUT2D eigenvalue weighted by Gasteiger charge is 2.03. The van der Waals surface area contributed by atoms with Gasteiger partial charge < -0.3 is 9.84 Å². The predicted molar refractivity (Wildman–Crippen MR) is 59.3 cm³/mol. The average Bonchev–Trinajstić information content (AvgIpc) is 2.30. The summed E-state index contributed by atoms with van der Waals surface area (Å²) in [5.74, 6) is 3.77. The minimum Gasteiger partial charge on any atom is -0.477 e. The molecule has 0 radical (unpaired) electrons. The number of pyridine rings is 1. The number of hydrogen-bond donors (Lipinski definition) is 1. The SMILES string of the molecule is CCOC(=O)CC#Cc1ccnc(C(=O)O)c1. The maximum atomic E-state index is 11.0. The van der Waals surface area contributed by atoms with Crippen LogP contribution in [0.5, 0.6) is 0 Å². The number of aromatic carboxylic acids is 1. The van der Waals surface area contributed by atoms with E-state index in [1.807, 2.05) is 0 Å². The van der Waals surface area contributed by atoms with E-state index in [1.54, 1.807) is 13.0 Å². The second-order valence-corrected chi connectivity index (χ2v) is 3.02. The number of carboxylic acids is 1. The van der Waals surface area contributed by atoms with Gasteiger partial charge in [0, 0.05) is 11.8 Å². The molecule has 1 heterocycles. The van der Waals surface area contributed by atoms with Gasteiger partial charge in [-0.05, 0) is 19.1 Å². The van der Waals surface area contributed by atoms with Crippen LogP contribution < -0.4 is 0 Å². The van der Waals surface area contributed by atoms with Crippen molar-refractivity contribution in [3.63, 3.8) is 0 Å². The summed E-state index contributed by atoms with van der Waals surface area (Å²) in [4.78, 5) is 25.3. The summed E-state index contributed by atoms with van der Waals surface area (Å²) in [6.07, 6.45) is 1.34. The minimum atomic E-state index is -1.11. The first-order valence-corrected chi connectivity index (χ1v) is 4.97. The molecule has 0 saturated heterocycles. The van der Waals surface area contributed by atoms with E-state index in [2.05, 4.69) is 16.8 Å². The van der Waals surface area contributed by atoms with Gasteiger partial charge in [-0.15, -0.1) is 0 Å². The lowest BCUT2D eigenvalue weighted by molar-refractivity contribution is -0.141. The molecule has 0 unspecified atom stereocenters. The van der Waals surface area contributed by atoms with Gasteiger partial charge in [0.2, 0.25) is 0 Å². The molecule has 0 aromatic carbocycles. The van der Waals surface area contributed by atoms with Crippen molar-refractivity contribution in [1.29, 1.82) is 0 Å². The van der Waals surface area contributed by atoms with Crippen LogP contribution in [0.15, 0.2) is 18.3 Å². The predicted octanol–water partition coefficient (Wildman–Crippen LogP) is 1.08. The number of carbonyl (C=O) groups is 2. The molecular weight excluding hydrogens is 222 g/mol. The van der Waals surface area contributed by atoms with Gasteiger partial charge in [-0.1, -0.05) is 11.8 Å². The smallest absolute Gasteiger partial charge is 0.354 e. The normalized spacial score (nSPS) is 9.00. The van der Waals surface area contributed by atoms with E-state index in [0.717, 1.165) is 0 Å². The number of ether oxygens (including phenoxy) is 1. The summed E-state index contributed by atoms with van der Waals surface area (Å²) >= 11 is 0. The quantitative estimate of drug-likeness (QED) is 0.624. The highest BCUT2D eigenvalue weighted by atomic mass is 16.5. The molecule has 0 spiro atoms. The lowest BCUT2D eigenvalue weighted by Gasteiger charge is -1.95. The van der Waals surface area contributed by atoms with E-state index in [-0.39, 0.29) is 12.1 Å². The van der Waals surface area contributed by atoms with Crippen LogP contribution in [-0.2, 0) is 9.53 Å². The Morgan fingerprint density at radius 1 is 1.53 bits per heavy atom. The van der Waals surface area contributed by atoms with Crippen molar-refractivity contribution in [2.75, 3.05) is 6.61 Å². The summed E-state index contributed by atoms with van der Waals surface area (Å²) in [5.41, 5.74) is 0.426. The minimum absolute atomic E-state index is 0.0153. The highest BCUT2D eigenvalue weighted by Crippen LogP contribution is 2.00. The van der Waals surface area contributed by atoms with Gasteiger partial charge in [0.05, 0.1) is 6.61 Å². The molecule has 5 heteroatoms. The van der Waals surface area contributed by atoms with E-state index in [1.165, 1.54) is 12.3 Å². The Hall–Kier alpha value is -2.35. The van der Waals surface area contributed by atoms with E-state index >= 15 is 0 Å². The molecule has 17 heavy (non-hydrogen) atoms. The summed E-state index contributed by atoms with van der Waals surface area (Å²) in [5, 5.41) is 8.71. The molecule has 1 N–H and O–H groups in total. The van der Waals surface area contributed by atoms with E-state index in [9.17, 15) is 9.59 Å². The fourth-order valence-electron chi connectivity index (χ4n) is 1.06. The van der Waals surface area contributed by atoms with Gasteiger partial charge in [0.1, 0.15) is 12.1 Å². The Bertz CT molecular complexity index is 485. The average molecular weight is 233 g/mol. The van der Waals surface area contributed by atoms with Crippen molar-refractivity contribution in [3.05, 3.63) is 29.6 Å². The van der Waals surface area contributed by atoms with Crippen LogP contribution >= 0.6 is 0 Å². The summed E-state index contributed by atoms with van der Waals surface area (Å²) in [7, 11) is 0. The van der Waals surface area contributed by atoms with Gasteiger partial charge in [-0.2, -0.15) is 0 Å². The lowest BCUT2D eigenvalue weighted by atomic mass is 10.2. The summed E-state index contributed by atoms with van der Waals surface area (Å²) in [6, 6.07) is 2.92. The van der Waals surface area contributed by atoms with Crippen LogP contribution in [0.25, 0.3) is 0 Å². The van der Waals surface area contributed by atoms with Crippen LogP contribution in [0.1, 0.15) is 29.4 Å². The fourth-order valence-corrected chi connectivity index (χ4v) is 1.06. The molecule has 0 saturated carbocycles. The zero-order chi connectivity index (χ0) is 12.7. The standard InChI is InChI=1S/C12H11NO4/c1-2-17-11(14)5-3-4-9-6-7-13-10(8-9)12(15)16/h6-8H,2,5H2,1H3,(H,15,16). The number of rotatable bonds is 3. The molecule has 1 rings (SSSR count). The molecule has 0 atom stereocenters. The van der Waals surface area contributed by atoms with Crippen molar-refractivity contribution in [1.82, 2.24) is 4.98 Å². The molecule has 1 aromatic heterocycles. The third kappa shape index (κ3) is 4.34. The van der Waals surface area contributed by atoms with Crippen LogP contribution in [-0.4, -0.2) is 28.6 Å². The molecule has 0 aliphatic rings. The topological polar surface area (TPSA) is 76.5 Å². The van der Waals surface area contributed by atoms with Gasteiger partial charge in [-0.3, -0.25) is 4.79 Å². The molecule has 0 aliphatic heterocycles. The first kappa shape index (κ1) is 12.7. The zero-order valence-corrected chi connectivity index (χ0v) is 9.27. The Labute approximate surface area is 98.4 Å². The molecule has 88 valence electrons. The van der Waals surface area contributed by atoms with Crippen LogP contribution in [0.3, 0.4) is 0 Å². The Morgan fingerprint density at radius 2 is 2.29 bits per heavy atom. The molecule has 0 fully saturated rings. The van der Waals surface area contributed by atoms with E-state index in [0.29, 0.717) is 12.2 Å². The third-order valence-corrected chi connectivity index (χ3v) is 1.75. The van der Waals surface area contributed by atoms with Gasteiger partial charge in [0.25, 0.3) is 0 Å².